The van der Waals surface area contributed by atoms with E-state index in [4.69, 9.17) is 11.6 Å². The highest BCUT2D eigenvalue weighted by Crippen LogP contribution is 2.27. The number of rotatable bonds is 5. The van der Waals surface area contributed by atoms with Gasteiger partial charge < -0.3 is 0 Å². The van der Waals surface area contributed by atoms with Crippen LogP contribution >= 0.6 is 11.6 Å². The first-order chi connectivity index (χ1) is 6.90. The van der Waals surface area contributed by atoms with Crippen LogP contribution in [0.25, 0.3) is 0 Å². The highest BCUT2D eigenvalue weighted by atomic mass is 35.5. The molecule has 0 amide bonds. The van der Waals surface area contributed by atoms with Crippen molar-refractivity contribution >= 4 is 11.6 Å². The molecule has 1 aromatic rings. The normalized spacial score (nSPS) is 16.1. The summed E-state index contributed by atoms with van der Waals surface area (Å²) >= 11 is 5.75. The first-order valence-electron chi connectivity index (χ1n) is 4.96. The van der Waals surface area contributed by atoms with Gasteiger partial charge in [0.05, 0.1) is 6.54 Å². The molecule has 0 spiro atoms. The van der Waals surface area contributed by atoms with E-state index in [0.29, 0.717) is 5.88 Å². The lowest BCUT2D eigenvalue weighted by Gasteiger charge is -2.19. The molecular formula is C10H14ClN3. The van der Waals surface area contributed by atoms with Crippen molar-refractivity contribution in [1.29, 1.82) is 0 Å². The van der Waals surface area contributed by atoms with Gasteiger partial charge in [0.1, 0.15) is 5.82 Å². The maximum Gasteiger partial charge on any atom is 0.142 e. The van der Waals surface area contributed by atoms with E-state index < -0.39 is 0 Å². The quantitative estimate of drug-likeness (QED) is 0.694. The van der Waals surface area contributed by atoms with Crippen molar-refractivity contribution < 1.29 is 0 Å². The largest absolute Gasteiger partial charge is 0.292 e. The Balaban J connectivity index is 1.93. The predicted molar refractivity (Wildman–Crippen MR) is 56.2 cm³/mol. The highest BCUT2D eigenvalue weighted by molar-refractivity contribution is 6.18. The van der Waals surface area contributed by atoms with Crippen molar-refractivity contribution in [2.24, 2.45) is 0 Å². The van der Waals surface area contributed by atoms with Crippen molar-refractivity contribution in [2.45, 2.75) is 25.4 Å². The van der Waals surface area contributed by atoms with Crippen LogP contribution < -0.4 is 0 Å². The Kier molecular flexibility index (Phi) is 3.32. The Morgan fingerprint density at radius 1 is 1.36 bits per heavy atom. The van der Waals surface area contributed by atoms with Crippen LogP contribution in [0.15, 0.2) is 18.5 Å². The summed E-state index contributed by atoms with van der Waals surface area (Å²) in [6, 6.07) is 2.56. The van der Waals surface area contributed by atoms with Crippen LogP contribution in [0.1, 0.15) is 18.7 Å². The van der Waals surface area contributed by atoms with E-state index in [9.17, 15) is 0 Å². The molecule has 3 nitrogen and oxygen atoms in total. The summed E-state index contributed by atoms with van der Waals surface area (Å²) in [4.78, 5) is 10.8. The smallest absolute Gasteiger partial charge is 0.142 e. The molecule has 0 saturated heterocycles. The van der Waals surface area contributed by atoms with Gasteiger partial charge in [-0.05, 0) is 18.9 Å². The van der Waals surface area contributed by atoms with Crippen molar-refractivity contribution in [1.82, 2.24) is 14.9 Å². The Morgan fingerprint density at radius 2 is 2.07 bits per heavy atom. The molecular weight excluding hydrogens is 198 g/mol. The van der Waals surface area contributed by atoms with Crippen LogP contribution in [0, 0.1) is 0 Å². The highest BCUT2D eigenvalue weighted by Gasteiger charge is 2.28. The summed E-state index contributed by atoms with van der Waals surface area (Å²) in [5, 5.41) is 0. The molecule has 0 radical (unpaired) electrons. The molecule has 1 aliphatic rings. The molecule has 0 bridgehead atoms. The SMILES string of the molecule is ClCCN(Cc1ncccn1)C1CC1. The zero-order valence-corrected chi connectivity index (χ0v) is 8.82. The van der Waals surface area contributed by atoms with E-state index in [1.807, 2.05) is 6.07 Å². The van der Waals surface area contributed by atoms with Crippen molar-refractivity contribution in [3.05, 3.63) is 24.3 Å². The lowest BCUT2D eigenvalue weighted by atomic mass is 10.4. The molecule has 0 atom stereocenters. The number of hydrogen-bond acceptors (Lipinski definition) is 3. The molecule has 0 N–H and O–H groups in total. The number of aromatic nitrogens is 2. The van der Waals surface area contributed by atoms with E-state index in [-0.39, 0.29) is 0 Å². The Hall–Kier alpha value is -0.670. The lowest BCUT2D eigenvalue weighted by Crippen LogP contribution is -2.28. The minimum atomic E-state index is 0.684. The standard InChI is InChI=1S/C10H14ClN3/c11-4-7-14(9-2-3-9)8-10-12-5-1-6-13-10/h1,5-6,9H,2-4,7-8H2. The van der Waals surface area contributed by atoms with Gasteiger partial charge in [-0.25, -0.2) is 9.97 Å². The summed E-state index contributed by atoms with van der Waals surface area (Å²) in [6.07, 6.45) is 6.16. The Labute approximate surface area is 89.1 Å². The maximum absolute atomic E-state index is 5.75. The number of hydrogen-bond donors (Lipinski definition) is 0. The third-order valence-electron chi connectivity index (χ3n) is 2.40. The van der Waals surface area contributed by atoms with Gasteiger partial charge in [0.15, 0.2) is 0 Å². The fourth-order valence-corrected chi connectivity index (χ4v) is 1.75. The zero-order chi connectivity index (χ0) is 9.80. The summed E-state index contributed by atoms with van der Waals surface area (Å²) in [5.41, 5.74) is 0. The van der Waals surface area contributed by atoms with Crippen molar-refractivity contribution in [2.75, 3.05) is 12.4 Å². The van der Waals surface area contributed by atoms with Gasteiger partial charge in [-0.2, -0.15) is 0 Å². The molecule has 1 aromatic heterocycles. The lowest BCUT2D eigenvalue weighted by molar-refractivity contribution is 0.264. The van der Waals surface area contributed by atoms with Crippen molar-refractivity contribution in [3.8, 4) is 0 Å². The predicted octanol–water partition coefficient (Wildman–Crippen LogP) is 1.68. The third-order valence-corrected chi connectivity index (χ3v) is 2.57. The van der Waals surface area contributed by atoms with E-state index in [0.717, 1.165) is 25.0 Å². The molecule has 0 unspecified atom stereocenters. The molecule has 1 saturated carbocycles. The summed E-state index contributed by atoms with van der Waals surface area (Å²) < 4.78 is 0. The van der Waals surface area contributed by atoms with E-state index in [1.165, 1.54) is 12.8 Å². The van der Waals surface area contributed by atoms with E-state index in [2.05, 4.69) is 14.9 Å². The van der Waals surface area contributed by atoms with Crippen LogP contribution in [0.2, 0.25) is 0 Å². The Morgan fingerprint density at radius 3 is 2.64 bits per heavy atom. The fourth-order valence-electron chi connectivity index (χ4n) is 1.53. The van der Waals surface area contributed by atoms with Crippen LogP contribution in [-0.2, 0) is 6.54 Å². The topological polar surface area (TPSA) is 29.0 Å². The number of alkyl halides is 1. The molecule has 4 heteroatoms. The van der Waals surface area contributed by atoms with E-state index in [1.54, 1.807) is 12.4 Å². The summed E-state index contributed by atoms with van der Waals surface area (Å²) in [7, 11) is 0. The van der Waals surface area contributed by atoms with Gasteiger partial charge in [0, 0.05) is 30.9 Å². The van der Waals surface area contributed by atoms with E-state index >= 15 is 0 Å². The van der Waals surface area contributed by atoms with Crippen LogP contribution in [-0.4, -0.2) is 33.3 Å². The van der Waals surface area contributed by atoms with Gasteiger partial charge in [-0.3, -0.25) is 4.90 Å². The van der Waals surface area contributed by atoms with Gasteiger partial charge >= 0.3 is 0 Å². The van der Waals surface area contributed by atoms with Gasteiger partial charge in [-0.15, -0.1) is 11.6 Å². The monoisotopic (exact) mass is 211 g/mol. The molecule has 14 heavy (non-hydrogen) atoms. The molecule has 76 valence electrons. The molecule has 0 aliphatic heterocycles. The van der Waals surface area contributed by atoms with Crippen LogP contribution in [0.3, 0.4) is 0 Å². The minimum absolute atomic E-state index is 0.684. The second kappa shape index (κ2) is 4.71. The number of halogens is 1. The second-order valence-corrected chi connectivity index (χ2v) is 3.93. The third kappa shape index (κ3) is 2.66. The van der Waals surface area contributed by atoms with Gasteiger partial charge in [0.25, 0.3) is 0 Å². The molecule has 0 aromatic carbocycles. The van der Waals surface area contributed by atoms with Crippen molar-refractivity contribution in [3.63, 3.8) is 0 Å². The zero-order valence-electron chi connectivity index (χ0n) is 8.06. The molecule has 1 fully saturated rings. The summed E-state index contributed by atoms with van der Waals surface area (Å²) in [6.45, 7) is 1.77. The first-order valence-corrected chi connectivity index (χ1v) is 5.49. The molecule has 1 aliphatic carbocycles. The van der Waals surface area contributed by atoms with Crippen LogP contribution in [0.5, 0.6) is 0 Å². The number of nitrogens with zero attached hydrogens (tertiary/aromatic N) is 3. The second-order valence-electron chi connectivity index (χ2n) is 3.56. The van der Waals surface area contributed by atoms with Gasteiger partial charge in [-0.1, -0.05) is 0 Å². The molecule has 2 rings (SSSR count). The fraction of sp³-hybridized carbons (Fsp3) is 0.600. The average Bonchev–Trinajstić information content (AvgIpc) is 3.02. The Bertz CT molecular complexity index is 274. The van der Waals surface area contributed by atoms with Crippen LogP contribution in [0.4, 0.5) is 0 Å². The molecule has 1 heterocycles. The average molecular weight is 212 g/mol. The summed E-state index contributed by atoms with van der Waals surface area (Å²) in [5.74, 6) is 1.58. The first kappa shape index (κ1) is 9.87. The van der Waals surface area contributed by atoms with Gasteiger partial charge in [0.2, 0.25) is 0 Å². The maximum atomic E-state index is 5.75. The minimum Gasteiger partial charge on any atom is -0.292 e.